The number of hydrogen-bond acceptors (Lipinski definition) is 3. The van der Waals surface area contributed by atoms with E-state index in [2.05, 4.69) is 26.3 Å². The third-order valence-electron chi connectivity index (χ3n) is 5.20. The summed E-state index contributed by atoms with van der Waals surface area (Å²) in [5.41, 5.74) is 7.85. The van der Waals surface area contributed by atoms with E-state index in [4.69, 9.17) is 5.73 Å². The first-order valence-electron chi connectivity index (χ1n) is 9.70. The molecule has 0 saturated heterocycles. The summed E-state index contributed by atoms with van der Waals surface area (Å²) in [6.45, 7) is 5.68. The Morgan fingerprint density at radius 2 is 2.04 bits per heavy atom. The van der Waals surface area contributed by atoms with Gasteiger partial charge in [0.1, 0.15) is 5.54 Å². The molecule has 6 nitrogen and oxygen atoms in total. The summed E-state index contributed by atoms with van der Waals surface area (Å²) in [6, 6.07) is 7.86. The number of fused-ring (bicyclic) bond motifs is 1. The lowest BCUT2D eigenvalue weighted by atomic mass is 9.89. The number of primary amides is 1. The van der Waals surface area contributed by atoms with Crippen molar-refractivity contribution in [1.29, 1.82) is 0 Å². The molecule has 7 heteroatoms. The van der Waals surface area contributed by atoms with Crippen LogP contribution >= 0.6 is 15.9 Å². The maximum atomic E-state index is 13.1. The predicted molar refractivity (Wildman–Crippen MR) is 112 cm³/mol. The van der Waals surface area contributed by atoms with Gasteiger partial charge in [-0.25, -0.2) is 4.68 Å². The van der Waals surface area contributed by atoms with Crippen molar-refractivity contribution in [2.45, 2.75) is 58.4 Å². The molecule has 0 saturated carbocycles. The van der Waals surface area contributed by atoms with E-state index in [0.29, 0.717) is 12.1 Å². The van der Waals surface area contributed by atoms with Crippen LogP contribution < -0.4 is 11.1 Å². The van der Waals surface area contributed by atoms with Crippen LogP contribution in [0.25, 0.3) is 5.69 Å². The molecular weight excluding hydrogens is 420 g/mol. The van der Waals surface area contributed by atoms with Gasteiger partial charge >= 0.3 is 0 Å². The molecule has 0 aliphatic heterocycles. The summed E-state index contributed by atoms with van der Waals surface area (Å²) in [6.07, 6.45) is 4.25. The van der Waals surface area contributed by atoms with Crippen LogP contribution in [-0.2, 0) is 17.6 Å². The molecule has 1 aliphatic carbocycles. The van der Waals surface area contributed by atoms with E-state index in [-0.39, 0.29) is 11.8 Å². The molecule has 2 aromatic rings. The first kappa shape index (κ1) is 20.6. The van der Waals surface area contributed by atoms with Gasteiger partial charge in [0.2, 0.25) is 5.91 Å². The molecule has 1 aromatic heterocycles. The maximum absolute atomic E-state index is 13.1. The Hall–Kier alpha value is -2.15. The second-order valence-electron chi connectivity index (χ2n) is 8.12. The molecule has 0 radical (unpaired) electrons. The standard InChI is InChI=1S/C21H27BrN4O2/c1-13(2)12-21(3,20(23)28)24-19(27)18-16-9-4-5-10-17(16)26(25-18)15-8-6-7-14(22)11-15/h6-8,11,13H,4-5,9-10,12H2,1-3H3,(H2,23,28)(H,24,27). The molecule has 3 N–H and O–H groups in total. The van der Waals surface area contributed by atoms with Gasteiger partial charge in [0, 0.05) is 15.7 Å². The first-order chi connectivity index (χ1) is 13.2. The van der Waals surface area contributed by atoms with Gasteiger partial charge in [0.25, 0.3) is 5.91 Å². The Morgan fingerprint density at radius 3 is 2.68 bits per heavy atom. The Morgan fingerprint density at radius 1 is 1.32 bits per heavy atom. The molecule has 1 atom stereocenters. The van der Waals surface area contributed by atoms with E-state index in [1.165, 1.54) is 0 Å². The van der Waals surface area contributed by atoms with Gasteiger partial charge in [0.05, 0.1) is 5.69 Å². The summed E-state index contributed by atoms with van der Waals surface area (Å²) < 4.78 is 2.81. The largest absolute Gasteiger partial charge is 0.368 e. The van der Waals surface area contributed by atoms with Crippen molar-refractivity contribution in [3.63, 3.8) is 0 Å². The molecule has 1 heterocycles. The van der Waals surface area contributed by atoms with E-state index < -0.39 is 11.4 Å². The lowest BCUT2D eigenvalue weighted by molar-refractivity contribution is -0.124. The number of benzene rings is 1. The van der Waals surface area contributed by atoms with Crippen molar-refractivity contribution < 1.29 is 9.59 Å². The second-order valence-corrected chi connectivity index (χ2v) is 9.04. The lowest BCUT2D eigenvalue weighted by Crippen LogP contribution is -2.56. The Labute approximate surface area is 174 Å². The Bertz CT molecular complexity index is 906. The zero-order valence-electron chi connectivity index (χ0n) is 16.6. The van der Waals surface area contributed by atoms with Crippen LogP contribution in [0.1, 0.15) is 61.8 Å². The molecule has 1 aromatic carbocycles. The quantitative estimate of drug-likeness (QED) is 0.710. The fraction of sp³-hybridized carbons (Fsp3) is 0.476. The average molecular weight is 447 g/mol. The summed E-state index contributed by atoms with van der Waals surface area (Å²) in [4.78, 5) is 25.2. The fourth-order valence-corrected chi connectivity index (χ4v) is 4.33. The number of rotatable bonds is 6. The van der Waals surface area contributed by atoms with Gasteiger partial charge in [0.15, 0.2) is 5.69 Å². The molecule has 0 spiro atoms. The van der Waals surface area contributed by atoms with E-state index in [1.54, 1.807) is 6.92 Å². The van der Waals surface area contributed by atoms with Gasteiger partial charge in [-0.3, -0.25) is 9.59 Å². The van der Waals surface area contributed by atoms with Gasteiger partial charge in [-0.2, -0.15) is 5.10 Å². The monoisotopic (exact) mass is 446 g/mol. The first-order valence-corrected chi connectivity index (χ1v) is 10.5. The number of halogens is 1. The molecule has 1 unspecified atom stereocenters. The smallest absolute Gasteiger partial charge is 0.272 e. The van der Waals surface area contributed by atoms with Gasteiger partial charge in [-0.05, 0) is 63.1 Å². The molecule has 2 amide bonds. The van der Waals surface area contributed by atoms with Crippen molar-refractivity contribution in [3.05, 3.63) is 45.7 Å². The van der Waals surface area contributed by atoms with Gasteiger partial charge < -0.3 is 11.1 Å². The zero-order chi connectivity index (χ0) is 20.5. The number of nitrogens with zero attached hydrogens (tertiary/aromatic N) is 2. The number of carbonyl (C=O) groups excluding carboxylic acids is 2. The highest BCUT2D eigenvalue weighted by atomic mass is 79.9. The minimum atomic E-state index is -1.10. The van der Waals surface area contributed by atoms with Crippen LogP contribution in [0.3, 0.4) is 0 Å². The average Bonchev–Trinajstić information content (AvgIpc) is 3.00. The number of amides is 2. The molecule has 0 fully saturated rings. The van der Waals surface area contributed by atoms with E-state index in [1.807, 2.05) is 42.8 Å². The molecule has 0 bridgehead atoms. The Balaban J connectivity index is 2.00. The second kappa shape index (κ2) is 8.07. The summed E-state index contributed by atoms with van der Waals surface area (Å²) in [5.74, 6) is -0.658. The van der Waals surface area contributed by atoms with Crippen molar-refractivity contribution in [2.24, 2.45) is 11.7 Å². The fourth-order valence-electron chi connectivity index (χ4n) is 3.94. The number of carbonyl (C=O) groups is 2. The third kappa shape index (κ3) is 4.14. The van der Waals surface area contributed by atoms with Crippen LogP contribution in [0.2, 0.25) is 0 Å². The van der Waals surface area contributed by atoms with Crippen LogP contribution in [-0.4, -0.2) is 27.1 Å². The normalized spacial score (nSPS) is 15.8. The van der Waals surface area contributed by atoms with Crippen LogP contribution in [0.4, 0.5) is 0 Å². The maximum Gasteiger partial charge on any atom is 0.272 e. The highest BCUT2D eigenvalue weighted by molar-refractivity contribution is 9.10. The SMILES string of the molecule is CC(C)CC(C)(NC(=O)c1nn(-c2cccc(Br)c2)c2c1CCCC2)C(N)=O. The molecular formula is C21H27BrN4O2. The number of hydrogen-bond donors (Lipinski definition) is 2. The minimum Gasteiger partial charge on any atom is -0.368 e. The van der Waals surface area contributed by atoms with Crippen molar-refractivity contribution in [3.8, 4) is 5.69 Å². The van der Waals surface area contributed by atoms with Crippen LogP contribution in [0.5, 0.6) is 0 Å². The summed E-state index contributed by atoms with van der Waals surface area (Å²) >= 11 is 3.50. The lowest BCUT2D eigenvalue weighted by Gasteiger charge is -2.29. The molecule has 1 aliphatic rings. The highest BCUT2D eigenvalue weighted by Crippen LogP contribution is 2.28. The van der Waals surface area contributed by atoms with E-state index in [0.717, 1.165) is 47.1 Å². The van der Waals surface area contributed by atoms with E-state index in [9.17, 15) is 9.59 Å². The topological polar surface area (TPSA) is 90.0 Å². The van der Waals surface area contributed by atoms with Crippen LogP contribution in [0.15, 0.2) is 28.7 Å². The number of nitrogens with two attached hydrogens (primary N) is 1. The molecule has 3 rings (SSSR count). The van der Waals surface area contributed by atoms with Crippen molar-refractivity contribution >= 4 is 27.7 Å². The molecule has 28 heavy (non-hydrogen) atoms. The highest BCUT2D eigenvalue weighted by Gasteiger charge is 2.36. The van der Waals surface area contributed by atoms with Gasteiger partial charge in [-0.15, -0.1) is 0 Å². The number of aromatic nitrogens is 2. The molecule has 150 valence electrons. The summed E-state index contributed by atoms with van der Waals surface area (Å²) in [5, 5.41) is 7.53. The Kier molecular flexibility index (Phi) is 5.93. The van der Waals surface area contributed by atoms with Crippen molar-refractivity contribution in [1.82, 2.24) is 15.1 Å². The zero-order valence-corrected chi connectivity index (χ0v) is 18.2. The third-order valence-corrected chi connectivity index (χ3v) is 5.69. The van der Waals surface area contributed by atoms with E-state index >= 15 is 0 Å². The minimum absolute atomic E-state index is 0.214. The summed E-state index contributed by atoms with van der Waals surface area (Å²) in [7, 11) is 0. The number of nitrogens with one attached hydrogen (secondary N) is 1. The van der Waals surface area contributed by atoms with Gasteiger partial charge in [-0.1, -0.05) is 35.8 Å². The van der Waals surface area contributed by atoms with Crippen LogP contribution in [0, 0.1) is 5.92 Å². The predicted octanol–water partition coefficient (Wildman–Crippen LogP) is 3.53. The van der Waals surface area contributed by atoms with Crippen molar-refractivity contribution in [2.75, 3.05) is 0 Å².